The first kappa shape index (κ1) is 14.3. The van der Waals surface area contributed by atoms with E-state index in [2.05, 4.69) is 24.2 Å². The molecule has 16 heavy (non-hydrogen) atoms. The predicted molar refractivity (Wildman–Crippen MR) is 72.1 cm³/mol. The summed E-state index contributed by atoms with van der Waals surface area (Å²) in [5.74, 6) is 1.46. The highest BCUT2D eigenvalue weighted by molar-refractivity contribution is 7.98. The van der Waals surface area contributed by atoms with Gasteiger partial charge in [-0.05, 0) is 39.1 Å². The highest BCUT2D eigenvalue weighted by atomic mass is 32.2. The van der Waals surface area contributed by atoms with E-state index in [0.29, 0.717) is 18.5 Å². The van der Waals surface area contributed by atoms with E-state index in [0.717, 1.165) is 18.8 Å². The van der Waals surface area contributed by atoms with Crippen LogP contribution in [-0.4, -0.2) is 60.3 Å². The standard InChI is InChI=1S/C12H26N2OS/c1-10-7-14(3)6-5-11(10)13-8-12(2,15)9-16-4/h10-11,13,15H,5-9H2,1-4H3. The van der Waals surface area contributed by atoms with Gasteiger partial charge < -0.3 is 15.3 Å². The molecule has 1 rings (SSSR count). The Bertz CT molecular complexity index is 211. The van der Waals surface area contributed by atoms with E-state index < -0.39 is 5.60 Å². The van der Waals surface area contributed by atoms with E-state index in [-0.39, 0.29) is 0 Å². The number of rotatable bonds is 5. The summed E-state index contributed by atoms with van der Waals surface area (Å²) in [6.45, 7) is 7.22. The molecular weight excluding hydrogens is 220 g/mol. The SMILES string of the molecule is CSCC(C)(O)CNC1CCN(C)CC1C. The van der Waals surface area contributed by atoms with Crippen LogP contribution < -0.4 is 5.32 Å². The van der Waals surface area contributed by atoms with Crippen molar-refractivity contribution in [1.29, 1.82) is 0 Å². The van der Waals surface area contributed by atoms with Crippen LogP contribution in [0, 0.1) is 5.92 Å². The lowest BCUT2D eigenvalue weighted by Crippen LogP contribution is -2.51. The van der Waals surface area contributed by atoms with E-state index in [9.17, 15) is 5.11 Å². The molecule has 0 aliphatic carbocycles. The molecule has 1 fully saturated rings. The second kappa shape index (κ2) is 6.24. The number of thioether (sulfide) groups is 1. The van der Waals surface area contributed by atoms with Gasteiger partial charge in [0, 0.05) is 24.9 Å². The lowest BCUT2D eigenvalue weighted by atomic mass is 9.93. The number of nitrogens with one attached hydrogen (secondary N) is 1. The summed E-state index contributed by atoms with van der Waals surface area (Å²) in [7, 11) is 2.18. The molecule has 0 radical (unpaired) electrons. The van der Waals surface area contributed by atoms with Crippen molar-refractivity contribution in [2.75, 3.05) is 38.7 Å². The number of aliphatic hydroxyl groups is 1. The van der Waals surface area contributed by atoms with Crippen molar-refractivity contribution in [3.8, 4) is 0 Å². The van der Waals surface area contributed by atoms with Crippen molar-refractivity contribution >= 4 is 11.8 Å². The normalized spacial score (nSPS) is 31.3. The molecule has 2 N–H and O–H groups in total. The fourth-order valence-electron chi connectivity index (χ4n) is 2.37. The molecule has 3 atom stereocenters. The lowest BCUT2D eigenvalue weighted by Gasteiger charge is -2.37. The third-order valence-electron chi connectivity index (χ3n) is 3.31. The molecule has 1 saturated heterocycles. The van der Waals surface area contributed by atoms with Crippen molar-refractivity contribution in [2.45, 2.75) is 31.9 Å². The summed E-state index contributed by atoms with van der Waals surface area (Å²) in [5.41, 5.74) is -0.581. The molecule has 0 bridgehead atoms. The van der Waals surface area contributed by atoms with Gasteiger partial charge in [-0.15, -0.1) is 0 Å². The van der Waals surface area contributed by atoms with Gasteiger partial charge in [-0.1, -0.05) is 6.92 Å². The Morgan fingerprint density at radius 1 is 1.56 bits per heavy atom. The summed E-state index contributed by atoms with van der Waals surface area (Å²) >= 11 is 1.70. The van der Waals surface area contributed by atoms with Crippen molar-refractivity contribution in [2.24, 2.45) is 5.92 Å². The second-order valence-corrected chi connectivity index (χ2v) is 6.31. The summed E-state index contributed by atoms with van der Waals surface area (Å²) in [5, 5.41) is 13.6. The molecule has 0 spiro atoms. The molecule has 0 aromatic rings. The van der Waals surface area contributed by atoms with E-state index in [1.807, 2.05) is 13.2 Å². The van der Waals surface area contributed by atoms with E-state index >= 15 is 0 Å². The maximum absolute atomic E-state index is 10.1. The Labute approximate surface area is 104 Å². The summed E-state index contributed by atoms with van der Waals surface area (Å²) in [4.78, 5) is 2.38. The zero-order chi connectivity index (χ0) is 12.2. The van der Waals surface area contributed by atoms with Gasteiger partial charge in [0.25, 0.3) is 0 Å². The van der Waals surface area contributed by atoms with Gasteiger partial charge in [0.2, 0.25) is 0 Å². The first-order chi connectivity index (χ1) is 7.44. The Morgan fingerprint density at radius 2 is 2.25 bits per heavy atom. The van der Waals surface area contributed by atoms with Gasteiger partial charge in [0.15, 0.2) is 0 Å². The number of hydrogen-bond donors (Lipinski definition) is 2. The fraction of sp³-hybridized carbons (Fsp3) is 1.00. The third-order valence-corrected chi connectivity index (χ3v) is 4.22. The van der Waals surface area contributed by atoms with Gasteiger partial charge in [-0.25, -0.2) is 0 Å². The molecule has 1 aliphatic rings. The Hall–Kier alpha value is 0.230. The molecule has 1 aliphatic heterocycles. The second-order valence-electron chi connectivity index (χ2n) is 5.45. The fourth-order valence-corrected chi connectivity index (χ4v) is 3.09. The summed E-state index contributed by atoms with van der Waals surface area (Å²) in [6, 6.07) is 0.560. The molecule has 3 unspecified atom stereocenters. The minimum atomic E-state index is -0.581. The van der Waals surface area contributed by atoms with Gasteiger partial charge in [-0.3, -0.25) is 0 Å². The van der Waals surface area contributed by atoms with Crippen LogP contribution >= 0.6 is 11.8 Å². The molecule has 4 heteroatoms. The number of likely N-dealkylation sites (tertiary alicyclic amines) is 1. The molecule has 1 heterocycles. The average molecular weight is 246 g/mol. The van der Waals surface area contributed by atoms with Crippen molar-refractivity contribution in [3.05, 3.63) is 0 Å². The minimum Gasteiger partial charge on any atom is -0.388 e. The Kier molecular flexibility index (Phi) is 5.57. The zero-order valence-electron chi connectivity index (χ0n) is 11.0. The number of hydrogen-bond acceptors (Lipinski definition) is 4. The maximum atomic E-state index is 10.1. The first-order valence-corrected chi connectivity index (χ1v) is 7.47. The minimum absolute atomic E-state index is 0.560. The van der Waals surface area contributed by atoms with Crippen LogP contribution in [0.2, 0.25) is 0 Å². The van der Waals surface area contributed by atoms with Crippen LogP contribution in [0.5, 0.6) is 0 Å². The van der Waals surface area contributed by atoms with Crippen LogP contribution in [0.1, 0.15) is 20.3 Å². The molecule has 3 nitrogen and oxygen atoms in total. The monoisotopic (exact) mass is 246 g/mol. The summed E-state index contributed by atoms with van der Waals surface area (Å²) in [6.07, 6.45) is 3.22. The van der Waals surface area contributed by atoms with Crippen molar-refractivity contribution in [3.63, 3.8) is 0 Å². The first-order valence-electron chi connectivity index (χ1n) is 6.08. The van der Waals surface area contributed by atoms with Crippen LogP contribution in [-0.2, 0) is 0 Å². The quantitative estimate of drug-likeness (QED) is 0.759. The molecular formula is C12H26N2OS. The van der Waals surface area contributed by atoms with Crippen LogP contribution in [0.3, 0.4) is 0 Å². The lowest BCUT2D eigenvalue weighted by molar-refractivity contribution is 0.0716. The Morgan fingerprint density at radius 3 is 2.81 bits per heavy atom. The number of nitrogens with zero attached hydrogens (tertiary/aromatic N) is 1. The van der Waals surface area contributed by atoms with Crippen LogP contribution in [0.15, 0.2) is 0 Å². The molecule has 0 saturated carbocycles. The zero-order valence-corrected chi connectivity index (χ0v) is 11.8. The van der Waals surface area contributed by atoms with E-state index in [1.165, 1.54) is 6.42 Å². The highest BCUT2D eigenvalue weighted by Gasteiger charge is 2.27. The van der Waals surface area contributed by atoms with Gasteiger partial charge in [0.05, 0.1) is 5.60 Å². The van der Waals surface area contributed by atoms with Gasteiger partial charge >= 0.3 is 0 Å². The highest BCUT2D eigenvalue weighted by Crippen LogP contribution is 2.17. The summed E-state index contributed by atoms with van der Waals surface area (Å²) < 4.78 is 0. The van der Waals surface area contributed by atoms with E-state index in [1.54, 1.807) is 11.8 Å². The molecule has 96 valence electrons. The predicted octanol–water partition coefficient (Wildman–Crippen LogP) is 1.03. The molecule has 0 aromatic heterocycles. The molecule has 0 amide bonds. The number of piperidine rings is 1. The van der Waals surface area contributed by atoms with Crippen LogP contribution in [0.4, 0.5) is 0 Å². The topological polar surface area (TPSA) is 35.5 Å². The van der Waals surface area contributed by atoms with Crippen molar-refractivity contribution < 1.29 is 5.11 Å². The maximum Gasteiger partial charge on any atom is 0.0833 e. The molecule has 0 aromatic carbocycles. The van der Waals surface area contributed by atoms with E-state index in [4.69, 9.17) is 0 Å². The largest absolute Gasteiger partial charge is 0.388 e. The third kappa shape index (κ3) is 4.62. The Balaban J connectivity index is 2.32. The van der Waals surface area contributed by atoms with Gasteiger partial charge in [-0.2, -0.15) is 11.8 Å². The van der Waals surface area contributed by atoms with Crippen molar-refractivity contribution in [1.82, 2.24) is 10.2 Å². The average Bonchev–Trinajstić information content (AvgIpc) is 2.16. The van der Waals surface area contributed by atoms with Gasteiger partial charge in [0.1, 0.15) is 0 Å². The van der Waals surface area contributed by atoms with Crippen LogP contribution in [0.25, 0.3) is 0 Å². The smallest absolute Gasteiger partial charge is 0.0833 e.